The van der Waals surface area contributed by atoms with Crippen LogP contribution in [0.15, 0.2) is 6.20 Å². The molecule has 2 rings (SSSR count). The van der Waals surface area contributed by atoms with Crippen molar-refractivity contribution in [3.63, 3.8) is 0 Å². The molecule has 1 aromatic rings. The van der Waals surface area contributed by atoms with Gasteiger partial charge in [-0.25, -0.2) is 0 Å². The maximum absolute atomic E-state index is 6.37. The third-order valence-corrected chi connectivity index (χ3v) is 4.70. The SMILES string of the molecule is Cn1cc(CC(N)C2CCC(C(C)(C)C)CC2)nn1. The highest BCUT2D eigenvalue weighted by molar-refractivity contribution is 4.97. The maximum atomic E-state index is 6.37. The molecule has 0 spiro atoms. The van der Waals surface area contributed by atoms with Gasteiger partial charge in [0, 0.05) is 25.7 Å². The average molecular weight is 264 g/mol. The molecule has 19 heavy (non-hydrogen) atoms. The van der Waals surface area contributed by atoms with Crippen LogP contribution in [0.4, 0.5) is 0 Å². The Labute approximate surface area is 116 Å². The molecule has 1 atom stereocenters. The van der Waals surface area contributed by atoms with Crippen LogP contribution in [-0.4, -0.2) is 21.0 Å². The molecule has 2 N–H and O–H groups in total. The molecule has 1 unspecified atom stereocenters. The Kier molecular flexibility index (Phi) is 4.29. The van der Waals surface area contributed by atoms with Crippen LogP contribution in [0.25, 0.3) is 0 Å². The fraction of sp³-hybridized carbons (Fsp3) is 0.867. The van der Waals surface area contributed by atoms with E-state index < -0.39 is 0 Å². The number of hydrogen-bond donors (Lipinski definition) is 1. The highest BCUT2D eigenvalue weighted by Gasteiger charge is 2.31. The molecule has 1 saturated carbocycles. The third-order valence-electron chi connectivity index (χ3n) is 4.70. The van der Waals surface area contributed by atoms with Crippen LogP contribution < -0.4 is 5.73 Å². The lowest BCUT2D eigenvalue weighted by atomic mass is 9.68. The molecule has 4 heteroatoms. The van der Waals surface area contributed by atoms with Crippen LogP contribution in [0.1, 0.15) is 52.1 Å². The topological polar surface area (TPSA) is 56.7 Å². The summed E-state index contributed by atoms with van der Waals surface area (Å²) in [5, 5.41) is 8.11. The van der Waals surface area contributed by atoms with Gasteiger partial charge in [0.05, 0.1) is 5.69 Å². The summed E-state index contributed by atoms with van der Waals surface area (Å²) >= 11 is 0. The zero-order chi connectivity index (χ0) is 14.0. The Morgan fingerprint density at radius 2 is 1.95 bits per heavy atom. The van der Waals surface area contributed by atoms with Gasteiger partial charge in [-0.3, -0.25) is 4.68 Å². The zero-order valence-electron chi connectivity index (χ0n) is 12.8. The highest BCUT2D eigenvalue weighted by Crippen LogP contribution is 2.40. The molecule has 1 heterocycles. The predicted octanol–water partition coefficient (Wildman–Crippen LogP) is 2.54. The van der Waals surface area contributed by atoms with E-state index in [2.05, 4.69) is 31.1 Å². The van der Waals surface area contributed by atoms with E-state index in [-0.39, 0.29) is 6.04 Å². The monoisotopic (exact) mass is 264 g/mol. The van der Waals surface area contributed by atoms with Crippen LogP contribution in [0, 0.1) is 17.3 Å². The van der Waals surface area contributed by atoms with Gasteiger partial charge < -0.3 is 5.73 Å². The standard InChI is InChI=1S/C15H28N4/c1-15(2,3)12-7-5-11(6-8-12)14(16)9-13-10-19(4)18-17-13/h10-12,14H,5-9,16H2,1-4H3. The molecule has 0 bridgehead atoms. The molecule has 0 amide bonds. The second-order valence-electron chi connectivity index (χ2n) is 7.23. The van der Waals surface area contributed by atoms with Crippen molar-refractivity contribution in [3.05, 3.63) is 11.9 Å². The van der Waals surface area contributed by atoms with Gasteiger partial charge in [-0.1, -0.05) is 26.0 Å². The minimum Gasteiger partial charge on any atom is -0.327 e. The van der Waals surface area contributed by atoms with Gasteiger partial charge in [-0.05, 0) is 42.9 Å². The third kappa shape index (κ3) is 3.78. The zero-order valence-corrected chi connectivity index (χ0v) is 12.8. The Hall–Kier alpha value is -0.900. The van der Waals surface area contributed by atoms with Crippen LogP contribution in [0.3, 0.4) is 0 Å². The summed E-state index contributed by atoms with van der Waals surface area (Å²) in [5.41, 5.74) is 7.83. The molecule has 1 fully saturated rings. The summed E-state index contributed by atoms with van der Waals surface area (Å²) in [5.74, 6) is 1.51. The minimum atomic E-state index is 0.234. The minimum absolute atomic E-state index is 0.234. The van der Waals surface area contributed by atoms with E-state index in [1.54, 1.807) is 4.68 Å². The lowest BCUT2D eigenvalue weighted by molar-refractivity contribution is 0.139. The molecular formula is C15H28N4. The number of hydrogen-bond acceptors (Lipinski definition) is 3. The van der Waals surface area contributed by atoms with Crippen LogP contribution >= 0.6 is 0 Å². The molecule has 108 valence electrons. The van der Waals surface area contributed by atoms with Gasteiger partial charge in [0.1, 0.15) is 0 Å². The summed E-state index contributed by atoms with van der Waals surface area (Å²) in [7, 11) is 1.90. The van der Waals surface area contributed by atoms with E-state index in [0.717, 1.165) is 18.0 Å². The van der Waals surface area contributed by atoms with Crippen molar-refractivity contribution in [3.8, 4) is 0 Å². The Morgan fingerprint density at radius 1 is 1.32 bits per heavy atom. The Morgan fingerprint density at radius 3 is 2.42 bits per heavy atom. The van der Waals surface area contributed by atoms with Crippen molar-refractivity contribution < 1.29 is 0 Å². The second-order valence-corrected chi connectivity index (χ2v) is 7.23. The van der Waals surface area contributed by atoms with E-state index in [4.69, 9.17) is 5.73 Å². The van der Waals surface area contributed by atoms with E-state index >= 15 is 0 Å². The van der Waals surface area contributed by atoms with Gasteiger partial charge in [-0.15, -0.1) is 5.10 Å². The van der Waals surface area contributed by atoms with Crippen LogP contribution in [0.5, 0.6) is 0 Å². The maximum Gasteiger partial charge on any atom is 0.0842 e. The fourth-order valence-electron chi connectivity index (χ4n) is 3.31. The normalized spacial score (nSPS) is 26.4. The molecule has 0 radical (unpaired) electrons. The van der Waals surface area contributed by atoms with Gasteiger partial charge in [-0.2, -0.15) is 0 Å². The molecule has 0 aromatic carbocycles. The summed E-state index contributed by atoms with van der Waals surface area (Å²) in [6.07, 6.45) is 8.01. The van der Waals surface area contributed by atoms with Crippen molar-refractivity contribution in [2.75, 3.05) is 0 Å². The Bertz CT molecular complexity index is 397. The lowest BCUT2D eigenvalue weighted by Crippen LogP contribution is -2.37. The van der Waals surface area contributed by atoms with Crippen molar-refractivity contribution in [2.24, 2.45) is 30.0 Å². The van der Waals surface area contributed by atoms with Gasteiger partial charge >= 0.3 is 0 Å². The summed E-state index contributed by atoms with van der Waals surface area (Å²) in [4.78, 5) is 0. The number of nitrogens with two attached hydrogens (primary N) is 1. The first kappa shape index (κ1) is 14.5. The summed E-state index contributed by atoms with van der Waals surface area (Å²) in [6.45, 7) is 7.08. The van der Waals surface area contributed by atoms with E-state index in [1.165, 1.54) is 25.7 Å². The summed E-state index contributed by atoms with van der Waals surface area (Å²) in [6, 6.07) is 0.234. The van der Waals surface area contributed by atoms with E-state index in [1.807, 2.05) is 13.2 Å². The molecule has 0 aliphatic heterocycles. The largest absolute Gasteiger partial charge is 0.327 e. The molecule has 4 nitrogen and oxygen atoms in total. The van der Waals surface area contributed by atoms with Crippen molar-refractivity contribution in [2.45, 2.75) is 58.9 Å². The van der Waals surface area contributed by atoms with E-state index in [9.17, 15) is 0 Å². The second kappa shape index (κ2) is 5.61. The number of nitrogens with zero attached hydrogens (tertiary/aromatic N) is 3. The molecular weight excluding hydrogens is 236 g/mol. The Balaban J connectivity index is 1.84. The molecule has 1 aliphatic carbocycles. The smallest absolute Gasteiger partial charge is 0.0842 e. The van der Waals surface area contributed by atoms with Crippen molar-refractivity contribution in [1.82, 2.24) is 15.0 Å². The van der Waals surface area contributed by atoms with Gasteiger partial charge in [0.2, 0.25) is 0 Å². The number of aryl methyl sites for hydroxylation is 1. The fourth-order valence-corrected chi connectivity index (χ4v) is 3.31. The first-order chi connectivity index (χ1) is 8.86. The first-order valence-electron chi connectivity index (χ1n) is 7.47. The van der Waals surface area contributed by atoms with Crippen LogP contribution in [0.2, 0.25) is 0 Å². The molecule has 1 aromatic heterocycles. The average Bonchev–Trinajstić information content (AvgIpc) is 2.74. The first-order valence-corrected chi connectivity index (χ1v) is 7.47. The number of rotatable bonds is 3. The molecule has 0 saturated heterocycles. The van der Waals surface area contributed by atoms with Crippen LogP contribution in [-0.2, 0) is 13.5 Å². The lowest BCUT2D eigenvalue weighted by Gasteiger charge is -2.38. The highest BCUT2D eigenvalue weighted by atomic mass is 15.4. The van der Waals surface area contributed by atoms with Gasteiger partial charge in [0.25, 0.3) is 0 Å². The van der Waals surface area contributed by atoms with E-state index in [0.29, 0.717) is 11.3 Å². The summed E-state index contributed by atoms with van der Waals surface area (Å²) < 4.78 is 1.75. The van der Waals surface area contributed by atoms with Crippen molar-refractivity contribution in [1.29, 1.82) is 0 Å². The van der Waals surface area contributed by atoms with Gasteiger partial charge in [0.15, 0.2) is 0 Å². The predicted molar refractivity (Wildman–Crippen MR) is 77.6 cm³/mol. The van der Waals surface area contributed by atoms with Crippen molar-refractivity contribution >= 4 is 0 Å². The molecule has 1 aliphatic rings. The quantitative estimate of drug-likeness (QED) is 0.912. The number of aromatic nitrogens is 3.